The average molecular weight is 410 g/mol. The average Bonchev–Trinajstić information content (AvgIpc) is 3.69. The lowest BCUT2D eigenvalue weighted by Gasteiger charge is -2.35. The number of fused-ring (bicyclic) bond motifs is 1. The first kappa shape index (κ1) is 18.1. The molecular weight excluding hydrogens is 378 g/mol. The van der Waals surface area contributed by atoms with Gasteiger partial charge in [-0.2, -0.15) is 0 Å². The minimum Gasteiger partial charge on any atom is -0.379 e. The van der Waals surface area contributed by atoms with Gasteiger partial charge in [0.25, 0.3) is 0 Å². The van der Waals surface area contributed by atoms with Gasteiger partial charge >= 0.3 is 0 Å². The van der Waals surface area contributed by atoms with Crippen LogP contribution in [0.5, 0.6) is 0 Å². The molecule has 6 unspecified atom stereocenters. The fraction of sp³-hybridized carbons (Fsp3) is 0.429. The summed E-state index contributed by atoms with van der Waals surface area (Å²) in [4.78, 5) is 2.72. The molecule has 0 bridgehead atoms. The van der Waals surface area contributed by atoms with Crippen molar-refractivity contribution in [1.29, 1.82) is 0 Å². The summed E-state index contributed by atoms with van der Waals surface area (Å²) < 4.78 is 0. The maximum atomic E-state index is 6.46. The highest BCUT2D eigenvalue weighted by Crippen LogP contribution is 2.67. The maximum absolute atomic E-state index is 6.46. The molecule has 0 amide bonds. The Labute approximate surface area is 185 Å². The molecule has 0 aromatic rings. The molecule has 1 heterocycles. The molecule has 6 aliphatic carbocycles. The Morgan fingerprint density at radius 1 is 1.16 bits per heavy atom. The minimum absolute atomic E-state index is 0.0362. The molecule has 3 saturated carbocycles. The van der Waals surface area contributed by atoms with E-state index in [4.69, 9.17) is 5.73 Å². The molecule has 1 spiro atoms. The van der Waals surface area contributed by atoms with Crippen molar-refractivity contribution < 1.29 is 0 Å². The number of nitrogens with one attached hydrogen (secondary N) is 1. The molecule has 31 heavy (non-hydrogen) atoms. The van der Waals surface area contributed by atoms with Crippen LogP contribution in [0.15, 0.2) is 95.6 Å². The van der Waals surface area contributed by atoms with Crippen molar-refractivity contribution in [2.45, 2.75) is 55.6 Å². The molecule has 7 aliphatic rings. The topological polar surface area (TPSA) is 41.3 Å². The zero-order valence-electron chi connectivity index (χ0n) is 18.2. The molecule has 3 heteroatoms. The highest BCUT2D eigenvalue weighted by molar-refractivity contribution is 5.60. The van der Waals surface area contributed by atoms with Crippen LogP contribution in [-0.2, 0) is 0 Å². The lowest BCUT2D eigenvalue weighted by atomic mass is 9.98. The zero-order valence-corrected chi connectivity index (χ0v) is 18.2. The summed E-state index contributed by atoms with van der Waals surface area (Å²) in [5.74, 6) is 1.63. The van der Waals surface area contributed by atoms with E-state index in [1.54, 1.807) is 0 Å². The van der Waals surface area contributed by atoms with Crippen LogP contribution in [0.25, 0.3) is 0 Å². The van der Waals surface area contributed by atoms with Gasteiger partial charge in [-0.05, 0) is 62.8 Å². The van der Waals surface area contributed by atoms with Gasteiger partial charge in [0.15, 0.2) is 0 Å². The quantitative estimate of drug-likeness (QED) is 0.643. The van der Waals surface area contributed by atoms with Crippen LogP contribution < -0.4 is 11.1 Å². The van der Waals surface area contributed by atoms with Crippen molar-refractivity contribution in [2.75, 3.05) is 0 Å². The van der Waals surface area contributed by atoms with Crippen molar-refractivity contribution in [1.82, 2.24) is 10.2 Å². The summed E-state index contributed by atoms with van der Waals surface area (Å²) in [6, 6.07) is 0. The van der Waals surface area contributed by atoms with E-state index in [-0.39, 0.29) is 16.6 Å². The van der Waals surface area contributed by atoms with E-state index in [0.717, 1.165) is 25.7 Å². The van der Waals surface area contributed by atoms with E-state index in [2.05, 4.69) is 90.1 Å². The molecule has 3 fully saturated rings. The Bertz CT molecular complexity index is 1110. The first-order chi connectivity index (χ1) is 15.1. The van der Waals surface area contributed by atoms with Gasteiger partial charge in [0.2, 0.25) is 0 Å². The standard InChI is InChI=1S/C28H31N3/c1-2-12-27(30-22-9-4-3-5-10-22)18-24(27)25-15-19-7-6-8-20-17-28(19,20)31(25)23-11-13-26(29)16-21(26)14-23/h2-4,6-9,11-15,20-21,24,30H,5,10,16-18,29H2,1H3/b12-2-. The van der Waals surface area contributed by atoms with Crippen molar-refractivity contribution in [3.63, 3.8) is 0 Å². The summed E-state index contributed by atoms with van der Waals surface area (Å²) in [7, 11) is 0. The van der Waals surface area contributed by atoms with Crippen molar-refractivity contribution in [2.24, 2.45) is 23.5 Å². The number of nitrogens with two attached hydrogens (primary N) is 1. The van der Waals surface area contributed by atoms with Crippen molar-refractivity contribution in [3.8, 4) is 0 Å². The molecule has 1 aliphatic heterocycles. The number of rotatable bonds is 5. The molecule has 3 nitrogen and oxygen atoms in total. The number of hydrogen-bond acceptors (Lipinski definition) is 3. The Kier molecular flexibility index (Phi) is 3.40. The third kappa shape index (κ3) is 2.44. The lowest BCUT2D eigenvalue weighted by molar-refractivity contribution is 0.327. The molecule has 0 saturated heterocycles. The number of nitrogens with zero attached hydrogens (tertiary/aromatic N) is 1. The van der Waals surface area contributed by atoms with E-state index in [9.17, 15) is 0 Å². The van der Waals surface area contributed by atoms with Crippen LogP contribution in [0.4, 0.5) is 0 Å². The van der Waals surface area contributed by atoms with Gasteiger partial charge in [0, 0.05) is 40.4 Å². The van der Waals surface area contributed by atoms with Gasteiger partial charge in [-0.1, -0.05) is 54.7 Å². The molecule has 3 N–H and O–H groups in total. The van der Waals surface area contributed by atoms with Gasteiger partial charge in [0.05, 0.1) is 11.1 Å². The van der Waals surface area contributed by atoms with Gasteiger partial charge < -0.3 is 16.0 Å². The van der Waals surface area contributed by atoms with E-state index in [1.807, 2.05) is 0 Å². The summed E-state index contributed by atoms with van der Waals surface area (Å²) in [5, 5.41) is 3.95. The van der Waals surface area contributed by atoms with Gasteiger partial charge in [-0.25, -0.2) is 0 Å². The third-order valence-corrected chi connectivity index (χ3v) is 8.59. The van der Waals surface area contributed by atoms with Crippen molar-refractivity contribution in [3.05, 3.63) is 95.6 Å². The Morgan fingerprint density at radius 2 is 2.10 bits per heavy atom. The van der Waals surface area contributed by atoms with Gasteiger partial charge in [-0.15, -0.1) is 0 Å². The number of allylic oxidation sites excluding steroid dienone is 8. The second-order valence-corrected chi connectivity index (χ2v) is 10.6. The lowest BCUT2D eigenvalue weighted by Crippen LogP contribution is -2.38. The number of hydrogen-bond donors (Lipinski definition) is 2. The highest BCUT2D eigenvalue weighted by Gasteiger charge is 2.68. The Hall–Kier alpha value is -2.52. The minimum atomic E-state index is -0.0737. The smallest absolute Gasteiger partial charge is 0.0770 e. The summed E-state index contributed by atoms with van der Waals surface area (Å²) in [6.45, 7) is 2.15. The van der Waals surface area contributed by atoms with Crippen LogP contribution in [0.1, 0.15) is 39.0 Å². The normalized spacial score (nSPS) is 45.4. The maximum Gasteiger partial charge on any atom is 0.0770 e. The molecule has 7 rings (SSSR count). The molecule has 158 valence electrons. The molecule has 6 atom stereocenters. The first-order valence-electron chi connectivity index (χ1n) is 12.0. The SMILES string of the molecule is C/C=C\C1(NC2=CC=CCC2)CC1C1=CC2=CC=CC3CC23N1C1=CC2CC2(N)C=C1. The summed E-state index contributed by atoms with van der Waals surface area (Å²) in [5.41, 5.74) is 12.3. The van der Waals surface area contributed by atoms with Crippen LogP contribution in [-0.4, -0.2) is 21.5 Å². The van der Waals surface area contributed by atoms with Crippen LogP contribution in [0, 0.1) is 17.8 Å². The predicted molar refractivity (Wildman–Crippen MR) is 125 cm³/mol. The van der Waals surface area contributed by atoms with E-state index < -0.39 is 0 Å². The first-order valence-corrected chi connectivity index (χ1v) is 12.0. The Balaban J connectivity index is 1.26. The largest absolute Gasteiger partial charge is 0.379 e. The fourth-order valence-corrected chi connectivity index (χ4v) is 6.62. The van der Waals surface area contributed by atoms with Gasteiger partial charge in [-0.3, -0.25) is 0 Å². The fourth-order valence-electron chi connectivity index (χ4n) is 6.62. The Morgan fingerprint density at radius 3 is 2.90 bits per heavy atom. The molecule has 0 aromatic carbocycles. The van der Waals surface area contributed by atoms with E-state index >= 15 is 0 Å². The van der Waals surface area contributed by atoms with Crippen LogP contribution in [0.3, 0.4) is 0 Å². The molecule has 0 radical (unpaired) electrons. The molecular formula is C28H31N3. The van der Waals surface area contributed by atoms with Gasteiger partial charge in [0.1, 0.15) is 0 Å². The van der Waals surface area contributed by atoms with E-state index in [0.29, 0.717) is 17.8 Å². The predicted octanol–water partition coefficient (Wildman–Crippen LogP) is 4.77. The molecule has 0 aromatic heterocycles. The highest BCUT2D eigenvalue weighted by atomic mass is 15.3. The third-order valence-electron chi connectivity index (χ3n) is 8.59. The summed E-state index contributed by atoms with van der Waals surface area (Å²) in [6.07, 6.45) is 33.6. The van der Waals surface area contributed by atoms with Crippen LogP contribution in [0.2, 0.25) is 0 Å². The zero-order chi connectivity index (χ0) is 20.8. The second-order valence-electron chi connectivity index (χ2n) is 10.6. The van der Waals surface area contributed by atoms with E-state index in [1.165, 1.54) is 29.1 Å². The summed E-state index contributed by atoms with van der Waals surface area (Å²) >= 11 is 0. The monoisotopic (exact) mass is 409 g/mol. The van der Waals surface area contributed by atoms with Crippen LogP contribution >= 0.6 is 0 Å². The second kappa shape index (κ2) is 5.83. The van der Waals surface area contributed by atoms with Crippen molar-refractivity contribution >= 4 is 0 Å².